The summed E-state index contributed by atoms with van der Waals surface area (Å²) in [7, 11) is 0. The van der Waals surface area contributed by atoms with Crippen molar-refractivity contribution in [2.24, 2.45) is 17.6 Å². The van der Waals surface area contributed by atoms with Crippen molar-refractivity contribution < 1.29 is 5.11 Å². The molecule has 1 saturated carbocycles. The highest BCUT2D eigenvalue weighted by Crippen LogP contribution is 2.38. The molecular weight excluding hydrogens is 224 g/mol. The molecular formula is C15H30N2O. The molecule has 3 heteroatoms. The van der Waals surface area contributed by atoms with E-state index in [0.29, 0.717) is 12.0 Å². The summed E-state index contributed by atoms with van der Waals surface area (Å²) in [6.07, 6.45) is 7.75. The van der Waals surface area contributed by atoms with Crippen molar-refractivity contribution >= 4 is 0 Å². The lowest BCUT2D eigenvalue weighted by molar-refractivity contribution is 0.0226. The lowest BCUT2D eigenvalue weighted by atomic mass is 9.88. The predicted octanol–water partition coefficient (Wildman–Crippen LogP) is 1.99. The van der Waals surface area contributed by atoms with Crippen molar-refractivity contribution in [1.29, 1.82) is 0 Å². The van der Waals surface area contributed by atoms with Gasteiger partial charge >= 0.3 is 0 Å². The first-order chi connectivity index (χ1) is 8.63. The number of hydrogen-bond acceptors (Lipinski definition) is 3. The molecule has 0 aromatic carbocycles. The van der Waals surface area contributed by atoms with E-state index in [2.05, 4.69) is 18.7 Å². The fraction of sp³-hybridized carbons (Fsp3) is 1.00. The fourth-order valence-electron chi connectivity index (χ4n) is 4.09. The Morgan fingerprint density at radius 1 is 1.22 bits per heavy atom. The quantitative estimate of drug-likeness (QED) is 0.789. The number of aliphatic hydroxyl groups excluding tert-OH is 1. The van der Waals surface area contributed by atoms with E-state index < -0.39 is 0 Å². The largest absolute Gasteiger partial charge is 0.395 e. The highest BCUT2D eigenvalue weighted by atomic mass is 16.3. The second kappa shape index (κ2) is 6.36. The number of nitrogens with two attached hydrogens (primary N) is 1. The molecule has 106 valence electrons. The van der Waals surface area contributed by atoms with Gasteiger partial charge in [0.25, 0.3) is 0 Å². The first-order valence-electron chi connectivity index (χ1n) is 7.75. The van der Waals surface area contributed by atoms with Crippen LogP contribution in [-0.2, 0) is 0 Å². The molecule has 0 aromatic heterocycles. The molecule has 2 aliphatic rings. The van der Waals surface area contributed by atoms with E-state index in [-0.39, 0.29) is 18.7 Å². The normalized spacial score (nSPS) is 32.5. The average molecular weight is 254 g/mol. The van der Waals surface area contributed by atoms with Gasteiger partial charge in [0, 0.05) is 18.1 Å². The van der Waals surface area contributed by atoms with E-state index in [1.54, 1.807) is 0 Å². The van der Waals surface area contributed by atoms with E-state index in [0.717, 1.165) is 18.9 Å². The third kappa shape index (κ3) is 3.06. The molecule has 3 nitrogen and oxygen atoms in total. The van der Waals surface area contributed by atoms with E-state index in [9.17, 15) is 5.11 Å². The van der Waals surface area contributed by atoms with Crippen LogP contribution in [0.5, 0.6) is 0 Å². The number of fused-ring (bicyclic) bond motifs is 1. The van der Waals surface area contributed by atoms with Gasteiger partial charge in [0.15, 0.2) is 0 Å². The van der Waals surface area contributed by atoms with Gasteiger partial charge in [-0.05, 0) is 50.5 Å². The minimum Gasteiger partial charge on any atom is -0.395 e. The smallest absolute Gasteiger partial charge is 0.0602 e. The summed E-state index contributed by atoms with van der Waals surface area (Å²) in [5.41, 5.74) is 6.34. The van der Waals surface area contributed by atoms with E-state index >= 15 is 0 Å². The summed E-state index contributed by atoms with van der Waals surface area (Å²) in [6.45, 7) is 5.78. The van der Waals surface area contributed by atoms with Crippen LogP contribution in [0.15, 0.2) is 0 Å². The van der Waals surface area contributed by atoms with Crippen LogP contribution in [0.2, 0.25) is 0 Å². The van der Waals surface area contributed by atoms with Crippen molar-refractivity contribution in [3.05, 3.63) is 0 Å². The number of hydrogen-bond donors (Lipinski definition) is 2. The Labute approximate surface area is 112 Å². The van der Waals surface area contributed by atoms with Gasteiger partial charge in [0.05, 0.1) is 6.61 Å². The number of nitrogens with zero attached hydrogens (tertiary/aromatic N) is 1. The van der Waals surface area contributed by atoms with Crippen molar-refractivity contribution in [1.82, 2.24) is 4.90 Å². The van der Waals surface area contributed by atoms with E-state index in [1.807, 2.05) is 0 Å². The van der Waals surface area contributed by atoms with Gasteiger partial charge in [-0.2, -0.15) is 0 Å². The summed E-state index contributed by atoms with van der Waals surface area (Å²) >= 11 is 0. The van der Waals surface area contributed by atoms with E-state index in [1.165, 1.54) is 32.1 Å². The highest BCUT2D eigenvalue weighted by Gasteiger charge is 2.39. The molecule has 0 aromatic rings. The average Bonchev–Trinajstić information content (AvgIpc) is 2.77. The van der Waals surface area contributed by atoms with Gasteiger partial charge in [-0.15, -0.1) is 0 Å². The third-order valence-electron chi connectivity index (χ3n) is 4.89. The Bertz CT molecular complexity index is 257. The Balaban J connectivity index is 2.01. The van der Waals surface area contributed by atoms with Gasteiger partial charge in [0.1, 0.15) is 0 Å². The van der Waals surface area contributed by atoms with Crippen LogP contribution in [0.3, 0.4) is 0 Å². The summed E-state index contributed by atoms with van der Waals surface area (Å²) in [4.78, 5) is 2.55. The van der Waals surface area contributed by atoms with Crippen LogP contribution in [0, 0.1) is 11.8 Å². The minimum atomic E-state index is 0.120. The van der Waals surface area contributed by atoms with Gasteiger partial charge in [0.2, 0.25) is 0 Å². The molecule has 0 bridgehead atoms. The van der Waals surface area contributed by atoms with Crippen molar-refractivity contribution in [2.45, 2.75) is 70.5 Å². The highest BCUT2D eigenvalue weighted by molar-refractivity contribution is 4.95. The summed E-state index contributed by atoms with van der Waals surface area (Å²) in [5.74, 6) is 1.48. The molecule has 4 unspecified atom stereocenters. The maximum absolute atomic E-state index is 9.76. The van der Waals surface area contributed by atoms with Crippen molar-refractivity contribution in [3.63, 3.8) is 0 Å². The Hall–Kier alpha value is -0.120. The standard InChI is InChI=1S/C15H30N2O/c1-11(2)9-13(16)15(10-18)17-8-4-6-12-5-3-7-14(12)17/h11-15,18H,3-10,16H2,1-2H3. The second-order valence-electron chi connectivity index (χ2n) is 6.68. The van der Waals surface area contributed by atoms with Crippen LogP contribution in [0.1, 0.15) is 52.4 Å². The van der Waals surface area contributed by atoms with Gasteiger partial charge in [-0.3, -0.25) is 4.90 Å². The molecule has 1 aliphatic carbocycles. The molecule has 2 fully saturated rings. The Morgan fingerprint density at radius 2 is 1.94 bits per heavy atom. The van der Waals surface area contributed by atoms with Crippen molar-refractivity contribution in [2.75, 3.05) is 13.2 Å². The molecule has 0 amide bonds. The lowest BCUT2D eigenvalue weighted by Crippen LogP contribution is -2.57. The van der Waals surface area contributed by atoms with Crippen LogP contribution >= 0.6 is 0 Å². The number of piperidine rings is 1. The topological polar surface area (TPSA) is 49.5 Å². The fourth-order valence-corrected chi connectivity index (χ4v) is 4.09. The lowest BCUT2D eigenvalue weighted by Gasteiger charge is -2.44. The van der Waals surface area contributed by atoms with E-state index in [4.69, 9.17) is 5.73 Å². The van der Waals surface area contributed by atoms with Crippen LogP contribution < -0.4 is 5.73 Å². The van der Waals surface area contributed by atoms with Crippen molar-refractivity contribution in [3.8, 4) is 0 Å². The first-order valence-corrected chi connectivity index (χ1v) is 7.75. The molecule has 18 heavy (non-hydrogen) atoms. The molecule has 3 N–H and O–H groups in total. The summed E-state index contributed by atoms with van der Waals surface area (Å²) in [5, 5.41) is 9.76. The van der Waals surface area contributed by atoms with Gasteiger partial charge in [-0.25, -0.2) is 0 Å². The summed E-state index contributed by atoms with van der Waals surface area (Å²) < 4.78 is 0. The third-order valence-corrected chi connectivity index (χ3v) is 4.89. The molecule has 0 spiro atoms. The van der Waals surface area contributed by atoms with Crippen LogP contribution in [0.25, 0.3) is 0 Å². The zero-order valence-corrected chi connectivity index (χ0v) is 12.0. The molecule has 1 heterocycles. The molecule has 2 rings (SSSR count). The predicted molar refractivity (Wildman–Crippen MR) is 75.4 cm³/mol. The SMILES string of the molecule is CC(C)CC(N)C(CO)N1CCCC2CCCC21. The second-order valence-corrected chi connectivity index (χ2v) is 6.68. The van der Waals surface area contributed by atoms with Crippen LogP contribution in [0.4, 0.5) is 0 Å². The maximum Gasteiger partial charge on any atom is 0.0602 e. The monoisotopic (exact) mass is 254 g/mol. The minimum absolute atomic E-state index is 0.120. The Kier molecular flexibility index (Phi) is 5.05. The molecule has 1 aliphatic heterocycles. The summed E-state index contributed by atoms with van der Waals surface area (Å²) in [6, 6.07) is 1.00. The van der Waals surface area contributed by atoms with Gasteiger partial charge < -0.3 is 10.8 Å². The molecule has 1 saturated heterocycles. The van der Waals surface area contributed by atoms with Crippen LogP contribution in [-0.4, -0.2) is 41.3 Å². The number of likely N-dealkylation sites (tertiary alicyclic amines) is 1. The Morgan fingerprint density at radius 3 is 2.61 bits per heavy atom. The first kappa shape index (κ1) is 14.3. The number of aliphatic hydroxyl groups is 1. The zero-order chi connectivity index (χ0) is 13.1. The molecule has 4 atom stereocenters. The number of rotatable bonds is 5. The molecule has 0 radical (unpaired) electrons. The maximum atomic E-state index is 9.76. The van der Waals surface area contributed by atoms with Gasteiger partial charge in [-0.1, -0.05) is 20.3 Å². The zero-order valence-electron chi connectivity index (χ0n) is 12.0.